The lowest BCUT2D eigenvalue weighted by molar-refractivity contribution is 0.711. The fourth-order valence-corrected chi connectivity index (χ4v) is 1.82. The summed E-state index contributed by atoms with van der Waals surface area (Å²) in [4.78, 5) is 4.15. The fraction of sp³-hybridized carbons (Fsp3) is 0.545. The first-order chi connectivity index (χ1) is 8.49. The van der Waals surface area contributed by atoms with Gasteiger partial charge in [0, 0.05) is 14.1 Å². The molecule has 0 saturated carbocycles. The van der Waals surface area contributed by atoms with Crippen molar-refractivity contribution in [3.8, 4) is 0 Å². The van der Waals surface area contributed by atoms with Crippen molar-refractivity contribution in [1.82, 2.24) is 24.5 Å². The average Bonchev–Trinajstić information content (AvgIpc) is 2.82. The van der Waals surface area contributed by atoms with Crippen LogP contribution in [0.1, 0.15) is 31.3 Å². The smallest absolute Gasteiger partial charge is 0.169 e. The number of anilines is 2. The van der Waals surface area contributed by atoms with Crippen molar-refractivity contribution in [3.05, 3.63) is 17.8 Å². The third-order valence-corrected chi connectivity index (χ3v) is 2.72. The first-order valence-corrected chi connectivity index (χ1v) is 5.89. The van der Waals surface area contributed by atoms with Crippen LogP contribution in [0.2, 0.25) is 0 Å². The number of rotatable bonds is 4. The van der Waals surface area contributed by atoms with E-state index in [4.69, 9.17) is 5.73 Å². The molecule has 0 radical (unpaired) electrons. The lowest BCUT2D eigenvalue weighted by Gasteiger charge is -2.05. The predicted molar refractivity (Wildman–Crippen MR) is 70.0 cm³/mol. The van der Waals surface area contributed by atoms with E-state index in [0.29, 0.717) is 18.2 Å². The van der Waals surface area contributed by atoms with Gasteiger partial charge in [0.15, 0.2) is 5.82 Å². The molecule has 7 nitrogen and oxygen atoms in total. The number of aryl methyl sites for hydroxylation is 2. The summed E-state index contributed by atoms with van der Waals surface area (Å²) in [5.74, 6) is 1.84. The zero-order valence-electron chi connectivity index (χ0n) is 11.2. The molecule has 7 heteroatoms. The highest BCUT2D eigenvalue weighted by Crippen LogP contribution is 2.27. The number of hydrogen-bond donors (Lipinski definition) is 2. The fourth-order valence-electron chi connectivity index (χ4n) is 1.82. The van der Waals surface area contributed by atoms with Crippen molar-refractivity contribution in [3.63, 3.8) is 0 Å². The van der Waals surface area contributed by atoms with Gasteiger partial charge in [-0.15, -0.1) is 0 Å². The Morgan fingerprint density at radius 3 is 2.56 bits per heavy atom. The molecule has 0 spiro atoms. The Balaban J connectivity index is 2.14. The summed E-state index contributed by atoms with van der Waals surface area (Å²) in [7, 11) is 3.71. The lowest BCUT2D eigenvalue weighted by atomic mass is 10.1. The number of aromatic nitrogens is 5. The molecule has 0 aliphatic heterocycles. The molecule has 0 atom stereocenters. The first kappa shape index (κ1) is 12.4. The standard InChI is InChI=1S/C11H19N7/c1-7(2)10-9(12)11(18(4)16-10)13-5-8-14-6-17(3)15-8/h6-7,13H,5,12H2,1-4H3. The molecular weight excluding hydrogens is 230 g/mol. The third kappa shape index (κ3) is 2.29. The van der Waals surface area contributed by atoms with Crippen LogP contribution in [0.15, 0.2) is 6.33 Å². The van der Waals surface area contributed by atoms with Crippen LogP contribution in [0.5, 0.6) is 0 Å². The van der Waals surface area contributed by atoms with E-state index in [-0.39, 0.29) is 0 Å². The summed E-state index contributed by atoms with van der Waals surface area (Å²) >= 11 is 0. The Hall–Kier alpha value is -2.05. The van der Waals surface area contributed by atoms with Crippen LogP contribution in [-0.4, -0.2) is 24.5 Å². The molecule has 18 heavy (non-hydrogen) atoms. The van der Waals surface area contributed by atoms with Crippen LogP contribution in [0.25, 0.3) is 0 Å². The maximum Gasteiger partial charge on any atom is 0.169 e. The molecule has 2 aromatic rings. The Morgan fingerprint density at radius 1 is 1.33 bits per heavy atom. The second kappa shape index (κ2) is 4.67. The zero-order chi connectivity index (χ0) is 13.3. The quantitative estimate of drug-likeness (QED) is 0.839. The minimum absolute atomic E-state index is 0.305. The average molecular weight is 249 g/mol. The maximum absolute atomic E-state index is 6.08. The van der Waals surface area contributed by atoms with E-state index in [2.05, 4.69) is 34.3 Å². The topological polar surface area (TPSA) is 86.6 Å². The van der Waals surface area contributed by atoms with Crippen LogP contribution in [0.4, 0.5) is 11.5 Å². The molecule has 0 aliphatic carbocycles. The summed E-state index contributed by atoms with van der Waals surface area (Å²) in [6.07, 6.45) is 1.67. The highest BCUT2D eigenvalue weighted by atomic mass is 15.3. The van der Waals surface area contributed by atoms with Gasteiger partial charge >= 0.3 is 0 Å². The summed E-state index contributed by atoms with van der Waals surface area (Å²) in [5.41, 5.74) is 7.69. The van der Waals surface area contributed by atoms with E-state index >= 15 is 0 Å². The van der Waals surface area contributed by atoms with E-state index < -0.39 is 0 Å². The van der Waals surface area contributed by atoms with Crippen molar-refractivity contribution < 1.29 is 0 Å². The van der Waals surface area contributed by atoms with Crippen molar-refractivity contribution in [2.24, 2.45) is 14.1 Å². The van der Waals surface area contributed by atoms with Gasteiger partial charge in [-0.1, -0.05) is 13.8 Å². The summed E-state index contributed by atoms with van der Waals surface area (Å²) in [6, 6.07) is 0. The molecule has 2 rings (SSSR count). The van der Waals surface area contributed by atoms with Gasteiger partial charge < -0.3 is 11.1 Å². The zero-order valence-corrected chi connectivity index (χ0v) is 11.2. The minimum atomic E-state index is 0.305. The Morgan fingerprint density at radius 2 is 2.06 bits per heavy atom. The predicted octanol–water partition coefficient (Wildman–Crippen LogP) is 0.866. The molecule has 3 N–H and O–H groups in total. The maximum atomic E-state index is 6.08. The van der Waals surface area contributed by atoms with Crippen LogP contribution in [-0.2, 0) is 20.6 Å². The van der Waals surface area contributed by atoms with Crippen LogP contribution in [0.3, 0.4) is 0 Å². The van der Waals surface area contributed by atoms with Gasteiger partial charge in [0.05, 0.1) is 17.9 Å². The van der Waals surface area contributed by atoms with Gasteiger partial charge in [0.1, 0.15) is 12.1 Å². The SMILES string of the molecule is CC(C)c1nn(C)c(NCc2ncn(C)n2)c1N. The van der Waals surface area contributed by atoms with Crippen LogP contribution >= 0.6 is 0 Å². The monoisotopic (exact) mass is 249 g/mol. The van der Waals surface area contributed by atoms with Crippen molar-refractivity contribution >= 4 is 11.5 Å². The molecule has 0 fully saturated rings. The Labute approximate surface area is 106 Å². The molecule has 0 saturated heterocycles. The van der Waals surface area contributed by atoms with Crippen LogP contribution < -0.4 is 11.1 Å². The molecule has 0 amide bonds. The van der Waals surface area contributed by atoms with E-state index in [0.717, 1.165) is 17.3 Å². The molecule has 0 unspecified atom stereocenters. The number of nitrogens with zero attached hydrogens (tertiary/aromatic N) is 5. The van der Waals surface area contributed by atoms with Crippen molar-refractivity contribution in [2.45, 2.75) is 26.3 Å². The first-order valence-electron chi connectivity index (χ1n) is 5.89. The second-order valence-electron chi connectivity index (χ2n) is 4.61. The van der Waals surface area contributed by atoms with E-state index in [1.807, 2.05) is 14.1 Å². The number of hydrogen-bond acceptors (Lipinski definition) is 5. The summed E-state index contributed by atoms with van der Waals surface area (Å²) in [6.45, 7) is 4.67. The van der Waals surface area contributed by atoms with E-state index in [1.165, 1.54) is 0 Å². The van der Waals surface area contributed by atoms with Gasteiger partial charge in [-0.25, -0.2) is 4.98 Å². The van der Waals surface area contributed by atoms with Crippen LogP contribution in [0, 0.1) is 0 Å². The molecular formula is C11H19N7. The number of nitrogens with one attached hydrogen (secondary N) is 1. The lowest BCUT2D eigenvalue weighted by Crippen LogP contribution is -2.07. The second-order valence-corrected chi connectivity index (χ2v) is 4.61. The summed E-state index contributed by atoms with van der Waals surface area (Å²) in [5, 5.41) is 11.8. The largest absolute Gasteiger partial charge is 0.394 e. The van der Waals surface area contributed by atoms with Gasteiger partial charge in [-0.2, -0.15) is 10.2 Å². The highest BCUT2D eigenvalue weighted by molar-refractivity contribution is 5.65. The Bertz CT molecular complexity index is 538. The number of nitrogen functional groups attached to an aromatic ring is 1. The summed E-state index contributed by atoms with van der Waals surface area (Å²) < 4.78 is 3.43. The molecule has 0 aliphatic rings. The van der Waals surface area contributed by atoms with E-state index in [1.54, 1.807) is 15.7 Å². The Kier molecular flexibility index (Phi) is 3.22. The minimum Gasteiger partial charge on any atom is -0.394 e. The van der Waals surface area contributed by atoms with Crippen molar-refractivity contribution in [2.75, 3.05) is 11.1 Å². The van der Waals surface area contributed by atoms with E-state index in [9.17, 15) is 0 Å². The molecule has 0 aromatic carbocycles. The van der Waals surface area contributed by atoms with Crippen molar-refractivity contribution in [1.29, 1.82) is 0 Å². The van der Waals surface area contributed by atoms with Gasteiger partial charge in [-0.05, 0) is 5.92 Å². The van der Waals surface area contributed by atoms with Gasteiger partial charge in [0.25, 0.3) is 0 Å². The third-order valence-electron chi connectivity index (χ3n) is 2.72. The number of nitrogens with two attached hydrogens (primary N) is 1. The molecule has 98 valence electrons. The van der Waals surface area contributed by atoms with Gasteiger partial charge in [0.2, 0.25) is 0 Å². The normalized spacial score (nSPS) is 11.2. The molecule has 2 aromatic heterocycles. The molecule has 0 bridgehead atoms. The molecule has 2 heterocycles. The van der Waals surface area contributed by atoms with Gasteiger partial charge in [-0.3, -0.25) is 9.36 Å². The highest BCUT2D eigenvalue weighted by Gasteiger charge is 2.15.